The zero-order valence-electron chi connectivity index (χ0n) is 17.1. The average molecular weight is 456 g/mol. The van der Waals surface area contributed by atoms with Crippen LogP contribution in [0.25, 0.3) is 11.4 Å². The van der Waals surface area contributed by atoms with E-state index in [9.17, 15) is 4.79 Å². The van der Waals surface area contributed by atoms with Crippen molar-refractivity contribution < 1.29 is 4.79 Å². The zero-order chi connectivity index (χ0) is 22.1. The topological polar surface area (TPSA) is 90.5 Å². The van der Waals surface area contributed by atoms with Crippen LogP contribution in [0, 0.1) is 20.8 Å². The van der Waals surface area contributed by atoms with Crippen LogP contribution in [0.15, 0.2) is 42.7 Å². The minimum atomic E-state index is -0.130. The molecular formula is C21H19Cl2N7O. The van der Waals surface area contributed by atoms with Crippen LogP contribution in [-0.2, 0) is 11.2 Å². The number of carbonyl (C=O) groups excluding carboxylic acids is 1. The van der Waals surface area contributed by atoms with Crippen molar-refractivity contribution in [2.24, 2.45) is 0 Å². The third-order valence-corrected chi connectivity index (χ3v) is 5.74. The van der Waals surface area contributed by atoms with E-state index < -0.39 is 0 Å². The number of tetrazole rings is 1. The van der Waals surface area contributed by atoms with E-state index in [0.717, 1.165) is 33.9 Å². The van der Waals surface area contributed by atoms with Crippen molar-refractivity contribution in [1.29, 1.82) is 0 Å². The molecule has 0 saturated carbocycles. The van der Waals surface area contributed by atoms with E-state index in [1.165, 1.54) is 6.33 Å². The molecule has 1 amide bonds. The van der Waals surface area contributed by atoms with Crippen molar-refractivity contribution in [1.82, 2.24) is 30.0 Å². The molecule has 2 aromatic heterocycles. The molecule has 0 fully saturated rings. The Kier molecular flexibility index (Phi) is 5.75. The van der Waals surface area contributed by atoms with Gasteiger partial charge < -0.3 is 5.32 Å². The van der Waals surface area contributed by atoms with E-state index in [4.69, 9.17) is 23.2 Å². The van der Waals surface area contributed by atoms with Gasteiger partial charge >= 0.3 is 0 Å². The summed E-state index contributed by atoms with van der Waals surface area (Å²) in [5, 5.41) is 19.6. The number of rotatable bonds is 5. The van der Waals surface area contributed by atoms with Gasteiger partial charge in [-0.15, -0.1) is 5.10 Å². The van der Waals surface area contributed by atoms with Crippen LogP contribution in [0.3, 0.4) is 0 Å². The molecule has 1 N–H and O–H groups in total. The predicted molar refractivity (Wildman–Crippen MR) is 119 cm³/mol. The maximum Gasteiger partial charge on any atom is 0.228 e. The molecule has 8 nitrogen and oxygen atoms in total. The molecule has 2 heterocycles. The van der Waals surface area contributed by atoms with Crippen LogP contribution in [0.2, 0.25) is 10.0 Å². The van der Waals surface area contributed by atoms with Crippen molar-refractivity contribution >= 4 is 34.8 Å². The lowest BCUT2D eigenvalue weighted by Gasteiger charge is -2.10. The van der Waals surface area contributed by atoms with Crippen LogP contribution in [0.4, 0.5) is 5.69 Å². The summed E-state index contributed by atoms with van der Waals surface area (Å²) in [6.07, 6.45) is 1.73. The third-order valence-electron chi connectivity index (χ3n) is 5.00. The minimum absolute atomic E-state index is 0.130. The number of anilines is 1. The maximum atomic E-state index is 12.7. The number of aromatic nitrogens is 6. The minimum Gasteiger partial charge on any atom is -0.326 e. The summed E-state index contributed by atoms with van der Waals surface area (Å²) in [7, 11) is 0. The molecular weight excluding hydrogens is 437 g/mol. The zero-order valence-corrected chi connectivity index (χ0v) is 18.6. The number of amides is 1. The van der Waals surface area contributed by atoms with E-state index in [2.05, 4.69) is 25.9 Å². The Labute approximate surface area is 188 Å². The molecule has 0 aliphatic carbocycles. The van der Waals surface area contributed by atoms with Gasteiger partial charge in [-0.2, -0.15) is 5.10 Å². The number of carbonyl (C=O) groups is 1. The second kappa shape index (κ2) is 8.49. The van der Waals surface area contributed by atoms with E-state index >= 15 is 0 Å². The number of aryl methyl sites for hydroxylation is 2. The summed E-state index contributed by atoms with van der Waals surface area (Å²) >= 11 is 12.2. The molecule has 0 atom stereocenters. The van der Waals surface area contributed by atoms with Crippen molar-refractivity contribution in [3.8, 4) is 11.4 Å². The van der Waals surface area contributed by atoms with Crippen LogP contribution in [0.5, 0.6) is 0 Å². The lowest BCUT2D eigenvalue weighted by Crippen LogP contribution is -2.15. The van der Waals surface area contributed by atoms with Crippen LogP contribution >= 0.6 is 23.2 Å². The Morgan fingerprint density at radius 2 is 1.87 bits per heavy atom. The molecule has 0 unspecified atom stereocenters. The van der Waals surface area contributed by atoms with E-state index in [1.54, 1.807) is 21.5 Å². The Balaban J connectivity index is 1.52. The van der Waals surface area contributed by atoms with E-state index in [-0.39, 0.29) is 12.3 Å². The fourth-order valence-corrected chi connectivity index (χ4v) is 3.72. The fourth-order valence-electron chi connectivity index (χ4n) is 3.43. The average Bonchev–Trinajstić information content (AvgIpc) is 3.34. The second-order valence-electron chi connectivity index (χ2n) is 7.14. The number of nitrogens with zero attached hydrogens (tertiary/aromatic N) is 6. The van der Waals surface area contributed by atoms with E-state index in [1.807, 2.05) is 45.0 Å². The first-order chi connectivity index (χ1) is 14.8. The fraction of sp³-hybridized carbons (Fsp3) is 0.190. The standard InChI is InChI=1S/C21H19Cl2N7O/c1-12-8-15(4-7-20(12)29-11-24-27-28-29)25-21(31)10-17-13(2)26-30(14(17)3)16-5-6-18(22)19(23)9-16/h4-9,11H,10H2,1-3H3,(H,25,31). The van der Waals surface area contributed by atoms with Gasteiger partial charge in [0.2, 0.25) is 5.91 Å². The number of benzene rings is 2. The first kappa shape index (κ1) is 21.0. The second-order valence-corrected chi connectivity index (χ2v) is 7.95. The first-order valence-corrected chi connectivity index (χ1v) is 10.2. The van der Waals surface area contributed by atoms with Crippen molar-refractivity contribution in [2.75, 3.05) is 5.32 Å². The van der Waals surface area contributed by atoms with Gasteiger partial charge in [0.15, 0.2) is 0 Å². The highest BCUT2D eigenvalue weighted by Gasteiger charge is 2.17. The molecule has 0 aliphatic heterocycles. The van der Waals surface area contributed by atoms with Gasteiger partial charge in [0.25, 0.3) is 0 Å². The summed E-state index contributed by atoms with van der Waals surface area (Å²) < 4.78 is 3.34. The molecule has 0 bridgehead atoms. The van der Waals surface area contributed by atoms with Gasteiger partial charge in [0, 0.05) is 16.9 Å². The predicted octanol–water partition coefficient (Wildman–Crippen LogP) is 4.26. The summed E-state index contributed by atoms with van der Waals surface area (Å²) in [4.78, 5) is 12.7. The maximum absolute atomic E-state index is 12.7. The monoisotopic (exact) mass is 455 g/mol. The van der Waals surface area contributed by atoms with Crippen molar-refractivity contribution in [3.63, 3.8) is 0 Å². The van der Waals surface area contributed by atoms with Gasteiger partial charge in [-0.3, -0.25) is 4.79 Å². The van der Waals surface area contributed by atoms with Crippen molar-refractivity contribution in [3.05, 3.63) is 75.3 Å². The highest BCUT2D eigenvalue weighted by Crippen LogP contribution is 2.26. The Morgan fingerprint density at radius 1 is 1.06 bits per heavy atom. The lowest BCUT2D eigenvalue weighted by atomic mass is 10.1. The molecule has 0 saturated heterocycles. The van der Waals surface area contributed by atoms with E-state index in [0.29, 0.717) is 15.7 Å². The largest absolute Gasteiger partial charge is 0.326 e. The van der Waals surface area contributed by atoms with Crippen LogP contribution in [-0.4, -0.2) is 35.9 Å². The van der Waals surface area contributed by atoms with Gasteiger partial charge in [-0.1, -0.05) is 23.2 Å². The molecule has 0 radical (unpaired) electrons. The number of hydrogen-bond acceptors (Lipinski definition) is 5. The molecule has 4 rings (SSSR count). The number of hydrogen-bond donors (Lipinski definition) is 1. The SMILES string of the molecule is Cc1cc(NC(=O)Cc2c(C)nn(-c3ccc(Cl)c(Cl)c3)c2C)ccc1-n1cnnn1. The summed E-state index contributed by atoms with van der Waals surface area (Å²) in [5.41, 5.74) is 5.79. The molecule has 158 valence electrons. The Bertz CT molecular complexity index is 1270. The molecule has 0 aliphatic rings. The number of halogens is 2. The van der Waals surface area contributed by atoms with Gasteiger partial charge in [-0.05, 0) is 73.2 Å². The highest BCUT2D eigenvalue weighted by molar-refractivity contribution is 6.42. The smallest absolute Gasteiger partial charge is 0.228 e. The highest BCUT2D eigenvalue weighted by atomic mass is 35.5. The molecule has 10 heteroatoms. The van der Waals surface area contributed by atoms with Gasteiger partial charge in [0.1, 0.15) is 6.33 Å². The quantitative estimate of drug-likeness (QED) is 0.485. The summed E-state index contributed by atoms with van der Waals surface area (Å²) in [6.45, 7) is 5.74. The molecule has 31 heavy (non-hydrogen) atoms. The number of nitrogens with one attached hydrogen (secondary N) is 1. The Morgan fingerprint density at radius 3 is 2.55 bits per heavy atom. The molecule has 4 aromatic rings. The molecule has 0 spiro atoms. The third kappa shape index (κ3) is 4.30. The van der Waals surface area contributed by atoms with Crippen LogP contribution < -0.4 is 5.32 Å². The summed E-state index contributed by atoms with van der Waals surface area (Å²) in [6, 6.07) is 10.9. The van der Waals surface area contributed by atoms with Gasteiger partial charge in [0.05, 0.1) is 33.5 Å². The summed E-state index contributed by atoms with van der Waals surface area (Å²) in [5.74, 6) is -0.130. The molecule has 2 aromatic carbocycles. The lowest BCUT2D eigenvalue weighted by molar-refractivity contribution is -0.115. The normalized spacial score (nSPS) is 11.0. The van der Waals surface area contributed by atoms with Crippen LogP contribution in [0.1, 0.15) is 22.5 Å². The van der Waals surface area contributed by atoms with Gasteiger partial charge in [-0.25, -0.2) is 9.36 Å². The Hall–Kier alpha value is -3.23. The first-order valence-electron chi connectivity index (χ1n) is 9.48. The van der Waals surface area contributed by atoms with Crippen molar-refractivity contribution in [2.45, 2.75) is 27.2 Å².